The van der Waals surface area contributed by atoms with Crippen molar-refractivity contribution in [3.63, 3.8) is 0 Å². The zero-order valence-electron chi connectivity index (χ0n) is 18.7. The third-order valence-corrected chi connectivity index (χ3v) is 7.69. The fraction of sp³-hybridized carbons (Fsp3) is 0.217. The predicted molar refractivity (Wildman–Crippen MR) is 128 cm³/mol. The first-order valence-corrected chi connectivity index (χ1v) is 13.0. The highest BCUT2D eigenvalue weighted by atomic mass is 32.2. The van der Waals surface area contributed by atoms with Gasteiger partial charge in [0.25, 0.3) is 20.0 Å². The van der Waals surface area contributed by atoms with Gasteiger partial charge in [0.2, 0.25) is 0 Å². The van der Waals surface area contributed by atoms with Gasteiger partial charge < -0.3 is 9.47 Å². The van der Waals surface area contributed by atoms with Gasteiger partial charge in [-0.3, -0.25) is 9.44 Å². The summed E-state index contributed by atoms with van der Waals surface area (Å²) < 4.78 is 66.8. The minimum atomic E-state index is -4.00. The quantitative estimate of drug-likeness (QED) is 0.459. The minimum absolute atomic E-state index is 0.00282. The van der Waals surface area contributed by atoms with Crippen molar-refractivity contribution < 1.29 is 26.3 Å². The molecule has 0 aliphatic rings. The van der Waals surface area contributed by atoms with Crippen LogP contribution in [0.25, 0.3) is 0 Å². The standard InChI is InChI=1S/C23H26N2O6S2/c1-16(2)17-5-11-20(12-6-17)32(26,27)25-22-15-21(13-14-23(22)31-4)33(28,29)24-18-7-9-19(30-3)10-8-18/h5-16,24-25H,1-4H3. The first-order chi connectivity index (χ1) is 15.6. The zero-order chi connectivity index (χ0) is 24.2. The molecule has 0 saturated heterocycles. The van der Waals surface area contributed by atoms with Crippen molar-refractivity contribution in [1.29, 1.82) is 0 Å². The number of rotatable bonds is 9. The number of hydrogen-bond donors (Lipinski definition) is 2. The number of anilines is 2. The lowest BCUT2D eigenvalue weighted by molar-refractivity contribution is 0.415. The van der Waals surface area contributed by atoms with Crippen LogP contribution in [0.4, 0.5) is 11.4 Å². The molecule has 0 aliphatic carbocycles. The van der Waals surface area contributed by atoms with Crippen molar-refractivity contribution in [1.82, 2.24) is 0 Å². The molecule has 0 heterocycles. The normalized spacial score (nSPS) is 11.8. The molecule has 0 bridgehead atoms. The Hall–Kier alpha value is -3.24. The van der Waals surface area contributed by atoms with Crippen molar-refractivity contribution in [3.8, 4) is 11.5 Å². The van der Waals surface area contributed by atoms with Crippen LogP contribution >= 0.6 is 0 Å². The summed E-state index contributed by atoms with van der Waals surface area (Å²) in [6.45, 7) is 4.02. The summed E-state index contributed by atoms with van der Waals surface area (Å²) >= 11 is 0. The molecule has 0 fully saturated rings. The van der Waals surface area contributed by atoms with Crippen molar-refractivity contribution in [2.24, 2.45) is 0 Å². The van der Waals surface area contributed by atoms with E-state index < -0.39 is 20.0 Å². The number of ether oxygens (including phenoxy) is 2. The fourth-order valence-electron chi connectivity index (χ4n) is 3.04. The maximum absolute atomic E-state index is 12.9. The predicted octanol–water partition coefficient (Wildman–Crippen LogP) is 4.43. The van der Waals surface area contributed by atoms with Crippen LogP contribution in [-0.4, -0.2) is 31.1 Å². The lowest BCUT2D eigenvalue weighted by Crippen LogP contribution is -2.16. The maximum Gasteiger partial charge on any atom is 0.262 e. The molecule has 0 unspecified atom stereocenters. The van der Waals surface area contributed by atoms with Crippen molar-refractivity contribution in [2.45, 2.75) is 29.6 Å². The van der Waals surface area contributed by atoms with Crippen LogP contribution in [0, 0.1) is 0 Å². The molecule has 176 valence electrons. The smallest absolute Gasteiger partial charge is 0.262 e. The maximum atomic E-state index is 12.9. The molecular weight excluding hydrogens is 464 g/mol. The van der Waals surface area contributed by atoms with E-state index in [2.05, 4.69) is 9.44 Å². The molecule has 0 atom stereocenters. The average molecular weight is 491 g/mol. The Morgan fingerprint density at radius 3 is 1.82 bits per heavy atom. The summed E-state index contributed by atoms with van der Waals surface area (Å²) in [5.41, 5.74) is 1.34. The van der Waals surface area contributed by atoms with Crippen molar-refractivity contribution in [2.75, 3.05) is 23.7 Å². The number of benzene rings is 3. The molecule has 8 nitrogen and oxygen atoms in total. The Balaban J connectivity index is 1.91. The van der Waals surface area contributed by atoms with Crippen molar-refractivity contribution >= 4 is 31.4 Å². The topological polar surface area (TPSA) is 111 Å². The third kappa shape index (κ3) is 5.77. The molecule has 3 aromatic carbocycles. The minimum Gasteiger partial charge on any atom is -0.497 e. The van der Waals surface area contributed by atoms with E-state index in [1.807, 2.05) is 13.8 Å². The SMILES string of the molecule is COc1ccc(NS(=O)(=O)c2ccc(OC)c(NS(=O)(=O)c3ccc(C(C)C)cc3)c2)cc1. The number of nitrogens with one attached hydrogen (secondary N) is 2. The van der Waals surface area contributed by atoms with Crippen LogP contribution in [0.5, 0.6) is 11.5 Å². The summed E-state index contributed by atoms with van der Waals surface area (Å²) in [5, 5.41) is 0. The number of sulfonamides is 2. The Morgan fingerprint density at radius 2 is 1.27 bits per heavy atom. The highest BCUT2D eigenvalue weighted by Crippen LogP contribution is 2.31. The third-order valence-electron chi connectivity index (χ3n) is 4.92. The Kier molecular flexibility index (Phi) is 7.19. The summed E-state index contributed by atoms with van der Waals surface area (Å²) in [6, 6.07) is 16.8. The first-order valence-electron chi connectivity index (χ1n) is 10.0. The van der Waals surface area contributed by atoms with Gasteiger partial charge in [-0.15, -0.1) is 0 Å². The molecule has 0 aromatic heterocycles. The van der Waals surface area contributed by atoms with E-state index in [-0.39, 0.29) is 27.1 Å². The van der Waals surface area contributed by atoms with E-state index in [1.54, 1.807) is 36.4 Å². The molecule has 0 spiro atoms. The zero-order valence-corrected chi connectivity index (χ0v) is 20.3. The van der Waals surface area contributed by atoms with Crippen LogP contribution in [0.15, 0.2) is 76.5 Å². The van der Waals surface area contributed by atoms with Gasteiger partial charge in [-0.2, -0.15) is 0 Å². The Labute approximate surface area is 194 Å². The largest absolute Gasteiger partial charge is 0.497 e. The summed E-state index contributed by atoms with van der Waals surface area (Å²) in [5.74, 6) is 1.02. The molecule has 0 aliphatic heterocycles. The van der Waals surface area contributed by atoms with Crippen molar-refractivity contribution in [3.05, 3.63) is 72.3 Å². The van der Waals surface area contributed by atoms with Gasteiger partial charge in [-0.25, -0.2) is 16.8 Å². The van der Waals surface area contributed by atoms with Gasteiger partial charge in [0.1, 0.15) is 11.5 Å². The Morgan fingerprint density at radius 1 is 0.697 bits per heavy atom. The summed E-state index contributed by atoms with van der Waals surface area (Å²) in [7, 11) is -5.09. The molecule has 0 saturated carbocycles. The summed E-state index contributed by atoms with van der Waals surface area (Å²) in [4.78, 5) is -0.0782. The second kappa shape index (κ2) is 9.72. The molecule has 10 heteroatoms. The molecule has 33 heavy (non-hydrogen) atoms. The van der Waals surface area contributed by atoms with Crippen LogP contribution in [0.2, 0.25) is 0 Å². The van der Waals surface area contributed by atoms with E-state index in [0.29, 0.717) is 11.4 Å². The molecular formula is C23H26N2O6S2. The lowest BCUT2D eigenvalue weighted by atomic mass is 10.0. The van der Waals surface area contributed by atoms with Gasteiger partial charge in [0, 0.05) is 5.69 Å². The van der Waals surface area contributed by atoms with E-state index in [0.717, 1.165) is 5.56 Å². The van der Waals surface area contributed by atoms with Crippen LogP contribution in [0.1, 0.15) is 25.3 Å². The van der Waals surface area contributed by atoms with Gasteiger partial charge in [-0.05, 0) is 66.1 Å². The molecule has 0 amide bonds. The fourth-order valence-corrected chi connectivity index (χ4v) is 5.19. The van der Waals surface area contributed by atoms with Crippen LogP contribution < -0.4 is 18.9 Å². The van der Waals surface area contributed by atoms with Gasteiger partial charge >= 0.3 is 0 Å². The summed E-state index contributed by atoms with van der Waals surface area (Å²) in [6.07, 6.45) is 0. The van der Waals surface area contributed by atoms with Gasteiger partial charge in [-0.1, -0.05) is 26.0 Å². The van der Waals surface area contributed by atoms with E-state index in [4.69, 9.17) is 9.47 Å². The average Bonchev–Trinajstić information content (AvgIpc) is 2.79. The lowest BCUT2D eigenvalue weighted by Gasteiger charge is -2.15. The monoisotopic (exact) mass is 490 g/mol. The van der Waals surface area contributed by atoms with E-state index in [1.165, 1.54) is 44.6 Å². The second-order valence-corrected chi connectivity index (χ2v) is 10.9. The highest BCUT2D eigenvalue weighted by molar-refractivity contribution is 7.93. The molecule has 3 aromatic rings. The second-order valence-electron chi connectivity index (χ2n) is 7.53. The highest BCUT2D eigenvalue weighted by Gasteiger charge is 2.21. The number of hydrogen-bond acceptors (Lipinski definition) is 6. The molecule has 0 radical (unpaired) electrons. The van der Waals surface area contributed by atoms with Gasteiger partial charge in [0.15, 0.2) is 0 Å². The van der Waals surface area contributed by atoms with E-state index >= 15 is 0 Å². The van der Waals surface area contributed by atoms with Crippen LogP contribution in [-0.2, 0) is 20.0 Å². The molecule has 3 rings (SSSR count). The van der Waals surface area contributed by atoms with Crippen LogP contribution in [0.3, 0.4) is 0 Å². The molecule has 2 N–H and O–H groups in total. The Bertz CT molecular complexity index is 1320. The number of methoxy groups -OCH3 is 2. The van der Waals surface area contributed by atoms with E-state index in [9.17, 15) is 16.8 Å². The van der Waals surface area contributed by atoms with Gasteiger partial charge in [0.05, 0.1) is 29.7 Å². The first kappa shape index (κ1) is 24.4.